The van der Waals surface area contributed by atoms with Crippen LogP contribution in [-0.2, 0) is 0 Å². The molecule has 4 nitrogen and oxygen atoms in total. The molecule has 1 rings (SSSR count). The van der Waals surface area contributed by atoms with Crippen LogP contribution in [0.1, 0.15) is 13.8 Å². The van der Waals surface area contributed by atoms with Crippen molar-refractivity contribution in [2.45, 2.75) is 13.8 Å². The van der Waals surface area contributed by atoms with Gasteiger partial charge in [0.05, 0.1) is 11.0 Å². The molecule has 0 fully saturated rings. The van der Waals surface area contributed by atoms with Gasteiger partial charge in [-0.3, -0.25) is 10.1 Å². The van der Waals surface area contributed by atoms with Gasteiger partial charge in [-0.25, -0.2) is 4.39 Å². The highest BCUT2D eigenvalue weighted by Gasteiger charge is 2.11. The maximum Gasteiger partial charge on any atom is 0.272 e. The first kappa shape index (κ1) is 16.2. The SMILES string of the molecule is C/C(=C/S)Oc1ccc([N+](=O)[O-])cc1F.C=CC. The van der Waals surface area contributed by atoms with Crippen molar-refractivity contribution in [2.24, 2.45) is 0 Å². The Morgan fingerprint density at radius 3 is 2.56 bits per heavy atom. The number of halogens is 1. The molecule has 98 valence electrons. The summed E-state index contributed by atoms with van der Waals surface area (Å²) in [4.78, 5) is 9.64. The third kappa shape index (κ3) is 5.49. The van der Waals surface area contributed by atoms with E-state index in [1.807, 2.05) is 6.92 Å². The molecule has 1 aromatic carbocycles. The summed E-state index contributed by atoms with van der Waals surface area (Å²) < 4.78 is 18.2. The molecule has 0 N–H and O–H groups in total. The van der Waals surface area contributed by atoms with Gasteiger partial charge in [-0.2, -0.15) is 0 Å². The molecule has 0 aromatic heterocycles. The van der Waals surface area contributed by atoms with Crippen molar-refractivity contribution in [3.8, 4) is 5.75 Å². The van der Waals surface area contributed by atoms with Crippen LogP contribution in [0.3, 0.4) is 0 Å². The Bertz CT molecular complexity index is 461. The van der Waals surface area contributed by atoms with Crippen LogP contribution < -0.4 is 4.74 Å². The van der Waals surface area contributed by atoms with E-state index in [1.165, 1.54) is 17.5 Å². The van der Waals surface area contributed by atoms with E-state index in [2.05, 4.69) is 19.2 Å². The van der Waals surface area contributed by atoms with Gasteiger partial charge in [-0.05, 0) is 19.9 Å². The van der Waals surface area contributed by atoms with E-state index < -0.39 is 10.7 Å². The summed E-state index contributed by atoms with van der Waals surface area (Å²) in [5.41, 5.74) is -0.313. The number of rotatable bonds is 3. The third-order valence-corrected chi connectivity index (χ3v) is 1.94. The van der Waals surface area contributed by atoms with Gasteiger partial charge in [0.1, 0.15) is 5.76 Å². The van der Waals surface area contributed by atoms with Gasteiger partial charge in [-0.15, -0.1) is 19.2 Å². The smallest absolute Gasteiger partial charge is 0.272 e. The molecule has 0 atom stereocenters. The molecule has 0 aliphatic heterocycles. The summed E-state index contributed by atoms with van der Waals surface area (Å²) in [5.74, 6) is -0.451. The number of non-ortho nitro benzene ring substituents is 1. The molecule has 1 aromatic rings. The molecule has 6 heteroatoms. The zero-order chi connectivity index (χ0) is 14.1. The first-order valence-electron chi connectivity index (χ1n) is 4.96. The van der Waals surface area contributed by atoms with Crippen molar-refractivity contribution in [2.75, 3.05) is 0 Å². The lowest BCUT2D eigenvalue weighted by molar-refractivity contribution is -0.385. The summed E-state index contributed by atoms with van der Waals surface area (Å²) in [7, 11) is 0. The summed E-state index contributed by atoms with van der Waals surface area (Å²) in [6.07, 6.45) is 1.75. The number of nitro groups is 1. The van der Waals surface area contributed by atoms with Crippen molar-refractivity contribution < 1.29 is 14.1 Å². The zero-order valence-corrected chi connectivity index (χ0v) is 11.0. The van der Waals surface area contributed by atoms with Crippen LogP contribution in [-0.4, -0.2) is 4.92 Å². The average molecular weight is 271 g/mol. The summed E-state index contributed by atoms with van der Waals surface area (Å²) in [6, 6.07) is 3.18. The summed E-state index contributed by atoms with van der Waals surface area (Å²) in [5, 5.41) is 11.7. The largest absolute Gasteiger partial charge is 0.458 e. The molecule has 0 aliphatic rings. The van der Waals surface area contributed by atoms with E-state index >= 15 is 0 Å². The number of nitro benzene ring substituents is 1. The minimum absolute atomic E-state index is 0.0663. The van der Waals surface area contributed by atoms with Gasteiger partial charge in [0.25, 0.3) is 5.69 Å². The maximum atomic E-state index is 13.2. The second-order valence-electron chi connectivity index (χ2n) is 3.12. The topological polar surface area (TPSA) is 52.4 Å². The van der Waals surface area contributed by atoms with Crippen molar-refractivity contribution >= 4 is 18.3 Å². The van der Waals surface area contributed by atoms with Crippen LogP contribution in [0.25, 0.3) is 0 Å². The minimum Gasteiger partial charge on any atom is -0.458 e. The van der Waals surface area contributed by atoms with Crippen molar-refractivity contribution in [1.82, 2.24) is 0 Å². The molecule has 0 saturated heterocycles. The first-order chi connectivity index (χ1) is 8.46. The number of nitrogens with zero attached hydrogens (tertiary/aromatic N) is 1. The fraction of sp³-hybridized carbons (Fsp3) is 0.167. The molecule has 0 saturated carbocycles. The lowest BCUT2D eigenvalue weighted by Gasteiger charge is -2.05. The van der Waals surface area contributed by atoms with Gasteiger partial charge < -0.3 is 4.74 Å². The second kappa shape index (κ2) is 8.30. The van der Waals surface area contributed by atoms with Crippen LogP contribution in [0.4, 0.5) is 10.1 Å². The Kier molecular flexibility index (Phi) is 7.46. The molecule has 18 heavy (non-hydrogen) atoms. The highest BCUT2D eigenvalue weighted by molar-refractivity contribution is 7.83. The first-order valence-corrected chi connectivity index (χ1v) is 5.47. The van der Waals surface area contributed by atoms with Gasteiger partial charge in [-0.1, -0.05) is 6.08 Å². The summed E-state index contributed by atoms with van der Waals surface area (Å²) in [6.45, 7) is 6.84. The monoisotopic (exact) mass is 271 g/mol. The van der Waals surface area contributed by atoms with Gasteiger partial charge >= 0.3 is 0 Å². The van der Waals surface area contributed by atoms with Crippen molar-refractivity contribution in [3.63, 3.8) is 0 Å². The van der Waals surface area contributed by atoms with Gasteiger partial charge in [0, 0.05) is 11.5 Å². The molecule has 0 unspecified atom stereocenters. The molecule has 0 bridgehead atoms. The Morgan fingerprint density at radius 2 is 2.17 bits per heavy atom. The number of thiol groups is 1. The number of ether oxygens (including phenoxy) is 1. The van der Waals surface area contributed by atoms with E-state index in [0.717, 1.165) is 6.07 Å². The van der Waals surface area contributed by atoms with E-state index in [0.29, 0.717) is 5.76 Å². The Morgan fingerprint density at radius 1 is 1.61 bits per heavy atom. The van der Waals surface area contributed by atoms with Crippen LogP contribution in [0, 0.1) is 15.9 Å². The second-order valence-corrected chi connectivity index (χ2v) is 3.38. The minimum atomic E-state index is -0.779. The fourth-order valence-corrected chi connectivity index (χ4v) is 0.939. The van der Waals surface area contributed by atoms with E-state index in [4.69, 9.17) is 4.74 Å². The van der Waals surface area contributed by atoms with Crippen molar-refractivity contribution in [1.29, 1.82) is 0 Å². The number of hydrogen-bond acceptors (Lipinski definition) is 4. The van der Waals surface area contributed by atoms with Crippen LogP contribution in [0.5, 0.6) is 5.75 Å². The highest BCUT2D eigenvalue weighted by atomic mass is 32.1. The van der Waals surface area contributed by atoms with E-state index in [-0.39, 0.29) is 11.4 Å². The Labute approximate surface area is 110 Å². The standard InChI is InChI=1S/C9H8FNO3S.C3H6/c1-6(5-15)14-9-3-2-7(11(12)13)4-8(9)10;1-3-2/h2-5,15H,1H3;3H,1H2,2H3/b6-5-;. The zero-order valence-electron chi connectivity index (χ0n) is 10.1. The normalized spacial score (nSPS) is 10.1. The highest BCUT2D eigenvalue weighted by Crippen LogP contribution is 2.23. The predicted octanol–water partition coefficient (Wildman–Crippen LogP) is 4.10. The van der Waals surface area contributed by atoms with Crippen LogP contribution in [0.2, 0.25) is 0 Å². The average Bonchev–Trinajstić information content (AvgIpc) is 2.32. The molecular formula is C12H14FNO3S. The number of benzene rings is 1. The van der Waals surface area contributed by atoms with E-state index in [9.17, 15) is 14.5 Å². The predicted molar refractivity (Wildman–Crippen MR) is 72.3 cm³/mol. The number of hydrogen-bond donors (Lipinski definition) is 1. The molecule has 0 radical (unpaired) electrons. The van der Waals surface area contributed by atoms with Gasteiger partial charge in [0.2, 0.25) is 0 Å². The number of allylic oxidation sites excluding steroid dienone is 2. The maximum absolute atomic E-state index is 13.2. The molecule has 0 spiro atoms. The van der Waals surface area contributed by atoms with Crippen LogP contribution >= 0.6 is 12.6 Å². The lowest BCUT2D eigenvalue weighted by Crippen LogP contribution is -1.95. The van der Waals surface area contributed by atoms with Crippen LogP contribution in [0.15, 0.2) is 42.0 Å². The third-order valence-electron chi connectivity index (χ3n) is 1.58. The fourth-order valence-electron chi connectivity index (χ4n) is 0.886. The Hall–Kier alpha value is -1.82. The van der Waals surface area contributed by atoms with E-state index in [1.54, 1.807) is 13.0 Å². The lowest BCUT2D eigenvalue weighted by atomic mass is 10.3. The summed E-state index contributed by atoms with van der Waals surface area (Å²) >= 11 is 3.82. The van der Waals surface area contributed by atoms with Gasteiger partial charge in [0.15, 0.2) is 11.6 Å². The van der Waals surface area contributed by atoms with Crippen molar-refractivity contribution in [3.05, 3.63) is 58.0 Å². The molecule has 0 amide bonds. The molecule has 0 heterocycles. The quantitative estimate of drug-likeness (QED) is 0.296. The molecule has 0 aliphatic carbocycles. The Balaban J connectivity index is 0.000000873. The molecular weight excluding hydrogens is 257 g/mol.